The molecule has 24 heavy (non-hydrogen) atoms. The lowest BCUT2D eigenvalue weighted by Gasteiger charge is -2.12. The highest BCUT2D eigenvalue weighted by Crippen LogP contribution is 2.35. The summed E-state index contributed by atoms with van der Waals surface area (Å²) in [7, 11) is 0. The number of benzene rings is 1. The summed E-state index contributed by atoms with van der Waals surface area (Å²) in [5.41, 5.74) is 3.36. The van der Waals surface area contributed by atoms with Gasteiger partial charge in [-0.05, 0) is 67.3 Å². The van der Waals surface area contributed by atoms with Gasteiger partial charge in [-0.3, -0.25) is 0 Å². The predicted molar refractivity (Wildman–Crippen MR) is 95.6 cm³/mol. The lowest BCUT2D eigenvalue weighted by atomic mass is 10.1. The van der Waals surface area contributed by atoms with E-state index in [1.165, 1.54) is 17.4 Å². The van der Waals surface area contributed by atoms with Crippen LogP contribution in [0, 0.1) is 32.1 Å². The van der Waals surface area contributed by atoms with Gasteiger partial charge in [0.2, 0.25) is 11.2 Å². The minimum absolute atomic E-state index is 0.103. The molecule has 0 radical (unpaired) electrons. The van der Waals surface area contributed by atoms with Crippen LogP contribution in [0.1, 0.15) is 21.7 Å². The van der Waals surface area contributed by atoms with Gasteiger partial charge < -0.3 is 4.74 Å². The topological polar surface area (TPSA) is 71.7 Å². The molecule has 0 bridgehead atoms. The zero-order valence-electron chi connectivity index (χ0n) is 13.3. The zero-order chi connectivity index (χ0) is 17.3. The van der Waals surface area contributed by atoms with Crippen molar-refractivity contribution in [3.05, 3.63) is 45.2 Å². The number of aryl methyl sites for hydroxylation is 3. The molecule has 0 unspecified atom stereocenters. The second-order valence-corrected chi connectivity index (χ2v) is 6.77. The summed E-state index contributed by atoms with van der Waals surface area (Å²) in [5.74, 6) is 1.12. The molecule has 0 N–H and O–H groups in total. The number of nitrogens with zero attached hydrogens (tertiary/aromatic N) is 4. The van der Waals surface area contributed by atoms with Crippen molar-refractivity contribution in [2.24, 2.45) is 0 Å². The van der Waals surface area contributed by atoms with E-state index in [4.69, 9.17) is 21.6 Å². The van der Waals surface area contributed by atoms with Crippen LogP contribution in [0.3, 0.4) is 0 Å². The summed E-state index contributed by atoms with van der Waals surface area (Å²) in [6, 6.07) is 5.89. The molecule has 3 aromatic rings. The monoisotopic (exact) mass is 356 g/mol. The molecule has 0 spiro atoms. The molecule has 0 aliphatic heterocycles. The highest BCUT2D eigenvalue weighted by molar-refractivity contribution is 7.18. The summed E-state index contributed by atoms with van der Waals surface area (Å²) in [5, 5.41) is 9.63. The number of thiazole rings is 1. The van der Waals surface area contributed by atoms with Crippen LogP contribution in [0.15, 0.2) is 18.2 Å². The van der Waals surface area contributed by atoms with Gasteiger partial charge >= 0.3 is 0 Å². The third kappa shape index (κ3) is 3.23. The van der Waals surface area contributed by atoms with E-state index >= 15 is 0 Å². The van der Waals surface area contributed by atoms with Crippen molar-refractivity contribution in [3.63, 3.8) is 0 Å². The number of aromatic nitrogens is 3. The molecule has 120 valence electrons. The maximum absolute atomic E-state index is 8.65. The third-order valence-electron chi connectivity index (χ3n) is 3.33. The van der Waals surface area contributed by atoms with Crippen molar-refractivity contribution in [1.29, 1.82) is 5.26 Å². The van der Waals surface area contributed by atoms with Crippen molar-refractivity contribution in [2.75, 3.05) is 0 Å². The fourth-order valence-corrected chi connectivity index (χ4v) is 3.36. The number of hydrogen-bond donors (Lipinski definition) is 0. The van der Waals surface area contributed by atoms with Crippen LogP contribution >= 0.6 is 22.9 Å². The average Bonchev–Trinajstić information content (AvgIpc) is 2.88. The standard InChI is InChI=1S/C17H13ClN4OS/c1-9-7-12(5-4-6-19)8-10(2)13(9)23-16-14-15(20-11(3)24-14)21-17(18)22-16/h4-5,7-8H,1-3H3. The molecular formula is C17H13ClN4OS. The summed E-state index contributed by atoms with van der Waals surface area (Å²) >= 11 is 7.45. The van der Waals surface area contributed by atoms with Crippen molar-refractivity contribution in [2.45, 2.75) is 20.8 Å². The molecule has 1 aromatic carbocycles. The van der Waals surface area contributed by atoms with E-state index in [2.05, 4.69) is 15.0 Å². The van der Waals surface area contributed by atoms with Crippen LogP contribution in [-0.2, 0) is 0 Å². The van der Waals surface area contributed by atoms with Gasteiger partial charge in [-0.1, -0.05) is 0 Å². The maximum Gasteiger partial charge on any atom is 0.243 e. The largest absolute Gasteiger partial charge is 0.437 e. The Morgan fingerprint density at radius 3 is 2.54 bits per heavy atom. The first-order valence-corrected chi connectivity index (χ1v) is 8.33. The Hall–Kier alpha value is -2.49. The molecule has 0 fully saturated rings. The normalized spacial score (nSPS) is 11.1. The minimum atomic E-state index is 0.103. The number of rotatable bonds is 3. The van der Waals surface area contributed by atoms with Crippen LogP contribution in [-0.4, -0.2) is 15.0 Å². The van der Waals surface area contributed by atoms with Gasteiger partial charge in [0.15, 0.2) is 5.65 Å². The molecule has 0 atom stereocenters. The van der Waals surface area contributed by atoms with Crippen molar-refractivity contribution in [3.8, 4) is 17.7 Å². The van der Waals surface area contributed by atoms with Crippen molar-refractivity contribution < 1.29 is 4.74 Å². The second kappa shape index (κ2) is 6.56. The Morgan fingerprint density at radius 1 is 1.17 bits per heavy atom. The van der Waals surface area contributed by atoms with Gasteiger partial charge in [-0.15, -0.1) is 11.3 Å². The number of hydrogen-bond acceptors (Lipinski definition) is 6. The fraction of sp³-hybridized carbons (Fsp3) is 0.176. The molecule has 0 amide bonds. The molecule has 2 heterocycles. The van der Waals surface area contributed by atoms with E-state index in [-0.39, 0.29) is 5.28 Å². The maximum atomic E-state index is 8.65. The molecule has 0 aliphatic rings. The summed E-state index contributed by atoms with van der Waals surface area (Å²) < 4.78 is 6.82. The highest BCUT2D eigenvalue weighted by Gasteiger charge is 2.15. The van der Waals surface area contributed by atoms with Crippen molar-refractivity contribution >= 4 is 39.4 Å². The minimum Gasteiger partial charge on any atom is -0.437 e. The predicted octanol–water partition coefficient (Wildman–Crippen LogP) is 4.99. The van der Waals surface area contributed by atoms with Crippen LogP contribution in [0.4, 0.5) is 0 Å². The molecule has 3 rings (SSSR count). The van der Waals surface area contributed by atoms with Crippen molar-refractivity contribution in [1.82, 2.24) is 15.0 Å². The number of halogens is 1. The van der Waals surface area contributed by atoms with Gasteiger partial charge in [0.1, 0.15) is 10.4 Å². The first-order valence-electron chi connectivity index (χ1n) is 7.14. The van der Waals surface area contributed by atoms with Gasteiger partial charge in [0, 0.05) is 6.08 Å². The van der Waals surface area contributed by atoms with E-state index in [1.54, 1.807) is 6.08 Å². The molecule has 0 saturated heterocycles. The van der Waals surface area contributed by atoms with Gasteiger partial charge in [0.05, 0.1) is 11.1 Å². The van der Waals surface area contributed by atoms with E-state index < -0.39 is 0 Å². The number of fused-ring (bicyclic) bond motifs is 1. The van der Waals surface area contributed by atoms with Crippen LogP contribution in [0.25, 0.3) is 16.4 Å². The molecule has 5 nitrogen and oxygen atoms in total. The second-order valence-electron chi connectivity index (χ2n) is 5.23. The molecule has 2 aromatic heterocycles. The van der Waals surface area contributed by atoms with Crippen LogP contribution < -0.4 is 4.74 Å². The fourth-order valence-electron chi connectivity index (χ4n) is 2.42. The Balaban J connectivity index is 2.06. The molecular weight excluding hydrogens is 344 g/mol. The third-order valence-corrected chi connectivity index (χ3v) is 4.45. The SMILES string of the molecule is Cc1nc2nc(Cl)nc(Oc3c(C)cc(C=CC#N)cc3C)c2s1. The molecule has 7 heteroatoms. The lowest BCUT2D eigenvalue weighted by molar-refractivity contribution is 0.462. The smallest absolute Gasteiger partial charge is 0.243 e. The first-order chi connectivity index (χ1) is 11.5. The highest BCUT2D eigenvalue weighted by atomic mass is 35.5. The van der Waals surface area contributed by atoms with E-state index in [1.807, 2.05) is 39.0 Å². The Labute approximate surface area is 148 Å². The molecule has 0 aliphatic carbocycles. The summed E-state index contributed by atoms with van der Waals surface area (Å²) in [6.45, 7) is 5.80. The number of allylic oxidation sites excluding steroid dienone is 1. The lowest BCUT2D eigenvalue weighted by Crippen LogP contribution is -1.96. The van der Waals surface area contributed by atoms with Gasteiger partial charge in [-0.25, -0.2) is 4.98 Å². The van der Waals surface area contributed by atoms with E-state index in [9.17, 15) is 0 Å². The Bertz CT molecular complexity index is 981. The Morgan fingerprint density at radius 2 is 1.88 bits per heavy atom. The van der Waals surface area contributed by atoms with Gasteiger partial charge in [0.25, 0.3) is 0 Å². The first kappa shape index (κ1) is 16.4. The average molecular weight is 357 g/mol. The van der Waals surface area contributed by atoms with Crippen LogP contribution in [0.5, 0.6) is 11.6 Å². The van der Waals surface area contributed by atoms with E-state index in [0.717, 1.165) is 26.4 Å². The van der Waals surface area contributed by atoms with E-state index in [0.29, 0.717) is 17.3 Å². The number of ether oxygens (including phenoxy) is 1. The zero-order valence-corrected chi connectivity index (χ0v) is 14.9. The van der Waals surface area contributed by atoms with Gasteiger partial charge in [-0.2, -0.15) is 15.2 Å². The van der Waals surface area contributed by atoms with Crippen LogP contribution in [0.2, 0.25) is 5.28 Å². The summed E-state index contributed by atoms with van der Waals surface area (Å²) in [4.78, 5) is 12.7. The summed E-state index contributed by atoms with van der Waals surface area (Å²) in [6.07, 6.45) is 3.21. The molecule has 0 saturated carbocycles. The Kier molecular flexibility index (Phi) is 4.47. The quantitative estimate of drug-likeness (QED) is 0.488. The number of nitriles is 1.